The molecule has 0 N–H and O–H groups in total. The van der Waals surface area contributed by atoms with Gasteiger partial charge in [0.2, 0.25) is 0 Å². The lowest BCUT2D eigenvalue weighted by molar-refractivity contribution is 0.369. The molecule has 0 fully saturated rings. The van der Waals surface area contributed by atoms with Gasteiger partial charge in [0.25, 0.3) is 0 Å². The third-order valence-electron chi connectivity index (χ3n) is 25.2. The average molecular weight is 1320 g/mol. The number of hydrogen-bond donors (Lipinski definition) is 0. The molecule has 0 radical (unpaired) electrons. The predicted octanol–water partition coefficient (Wildman–Crippen LogP) is 29.4. The normalized spacial score (nSPS) is 15.3. The van der Waals surface area contributed by atoms with E-state index in [0.717, 1.165) is 68.5 Å². The molecular weight excluding hydrogens is 1220 g/mol. The largest absolute Gasteiger partial charge is 0.456 e. The highest BCUT2D eigenvalue weighted by Crippen LogP contribution is 2.68. The first-order valence-corrected chi connectivity index (χ1v) is 39.2. The van der Waals surface area contributed by atoms with Crippen LogP contribution in [0.5, 0.6) is 0 Å². The van der Waals surface area contributed by atoms with E-state index in [9.17, 15) is 0 Å². The van der Waals surface area contributed by atoms with E-state index in [1.54, 1.807) is 16.7 Å². The first kappa shape index (κ1) is 64.8. The molecule has 4 aliphatic carbocycles. The summed E-state index contributed by atoms with van der Waals surface area (Å²) in [4.78, 5) is 2.61. The van der Waals surface area contributed by atoms with Crippen molar-refractivity contribution < 1.29 is 13.3 Å². The number of rotatable bonds is 27. The minimum Gasteiger partial charge on any atom is -0.456 e. The van der Waals surface area contributed by atoms with Crippen molar-refractivity contribution in [3.05, 3.63) is 220 Å². The van der Waals surface area contributed by atoms with Gasteiger partial charge in [-0.1, -0.05) is 281 Å². The Hall–Kier alpha value is -8.60. The van der Waals surface area contributed by atoms with Crippen LogP contribution < -0.4 is 4.90 Å². The minimum absolute atomic E-state index is 0.149. The molecule has 508 valence electrons. The van der Waals surface area contributed by atoms with E-state index < -0.39 is 0 Å². The van der Waals surface area contributed by atoms with E-state index in [-0.39, 0.29) is 21.7 Å². The van der Waals surface area contributed by atoms with Gasteiger partial charge in [0, 0.05) is 82.7 Å². The fourth-order valence-corrected chi connectivity index (χ4v) is 20.2. The Morgan fingerprint density at radius 1 is 0.280 bits per heavy atom. The van der Waals surface area contributed by atoms with E-state index >= 15 is 0 Å². The van der Waals surface area contributed by atoms with Crippen LogP contribution in [-0.2, 0) is 21.7 Å². The number of hydrogen-bond acceptors (Lipinski definition) is 4. The Morgan fingerprint density at radius 2 is 0.720 bits per heavy atom. The lowest BCUT2D eigenvalue weighted by atomic mass is 9.62. The molecule has 10 aromatic carbocycles. The fraction of sp³-hybridized carbons (Fsp3) is 0.375. The lowest BCUT2D eigenvalue weighted by Crippen LogP contribution is -2.33. The third-order valence-corrected chi connectivity index (χ3v) is 25.2. The van der Waals surface area contributed by atoms with Crippen molar-refractivity contribution in [2.75, 3.05) is 4.90 Å². The van der Waals surface area contributed by atoms with Crippen LogP contribution in [0.4, 0.5) is 17.1 Å². The molecule has 0 unspecified atom stereocenters. The molecular formula is C96H101NO3. The van der Waals surface area contributed by atoms with Crippen LogP contribution in [-0.4, -0.2) is 0 Å². The number of benzene rings is 10. The molecule has 4 heteroatoms. The molecule has 100 heavy (non-hydrogen) atoms. The van der Waals surface area contributed by atoms with Gasteiger partial charge in [-0.25, -0.2) is 0 Å². The van der Waals surface area contributed by atoms with Crippen molar-refractivity contribution in [1.82, 2.24) is 0 Å². The van der Waals surface area contributed by atoms with Crippen molar-refractivity contribution in [1.29, 1.82) is 0 Å². The highest BCUT2D eigenvalue weighted by Gasteiger charge is 2.54. The second-order valence-electron chi connectivity index (χ2n) is 31.9. The van der Waals surface area contributed by atoms with Crippen molar-refractivity contribution in [3.8, 4) is 44.5 Å². The second kappa shape index (κ2) is 25.8. The third kappa shape index (κ3) is 10.1. The summed E-state index contributed by atoms with van der Waals surface area (Å²) in [5.74, 6) is 0. The van der Waals surface area contributed by atoms with Gasteiger partial charge in [0.15, 0.2) is 0 Å². The van der Waals surface area contributed by atoms with Gasteiger partial charge in [-0.15, -0.1) is 0 Å². The molecule has 17 rings (SSSR count). The van der Waals surface area contributed by atoms with E-state index in [4.69, 9.17) is 13.3 Å². The molecule has 0 saturated heterocycles. The molecule has 4 nitrogen and oxygen atoms in total. The Balaban J connectivity index is 0.899. The maximum absolute atomic E-state index is 7.65. The number of nitrogens with zero attached hydrogens (tertiary/aromatic N) is 1. The molecule has 3 aromatic heterocycles. The number of para-hydroxylation sites is 3. The van der Waals surface area contributed by atoms with Gasteiger partial charge in [-0.05, 0) is 182 Å². The molecule has 0 spiro atoms. The van der Waals surface area contributed by atoms with E-state index in [1.807, 2.05) is 0 Å². The highest BCUT2D eigenvalue weighted by atomic mass is 16.3. The van der Waals surface area contributed by atoms with E-state index in [0.29, 0.717) is 0 Å². The van der Waals surface area contributed by atoms with Gasteiger partial charge in [0.1, 0.15) is 33.5 Å². The van der Waals surface area contributed by atoms with Crippen molar-refractivity contribution in [3.63, 3.8) is 0 Å². The Labute approximate surface area is 593 Å². The van der Waals surface area contributed by atoms with Gasteiger partial charge in [-0.3, -0.25) is 0 Å². The summed E-state index contributed by atoms with van der Waals surface area (Å²) in [5.41, 5.74) is 31.1. The number of fused-ring (bicyclic) bond motifs is 25. The monoisotopic (exact) mass is 1320 g/mol. The van der Waals surface area contributed by atoms with Gasteiger partial charge >= 0.3 is 0 Å². The first-order chi connectivity index (χ1) is 48.9. The quantitative estimate of drug-likeness (QED) is 0.0481. The standard InChI is InChI=1S/C96H101NO3/c1-9-13-17-21-33-53-95(54-34-22-18-14-10-2)74-41-29-25-38-68(74)87-88-71-40-28-32-44-82(71)100-92(88)89-69-50-47-63(58-79(69)96(91(89)90(87)95,55-35-23-19-15-11-3)56-36-24-20-16-12-4)97(64-46-49-67-66-37-26-30-42-80(66)99-84(67)59-64)62-45-48-65-72-60-78-73(61-77(72)94(7,8)76(65)57-62)85-75(93(78,5)6)51-52-83-86(85)70-39-27-31-43-81(70)98-83/h25-32,37-52,57-61H,9-24,33-36,53-56H2,1-8H3. The first-order valence-electron chi connectivity index (χ1n) is 39.2. The Bertz CT molecular complexity index is 5280. The average Bonchev–Trinajstić information content (AvgIpc) is 1.50. The van der Waals surface area contributed by atoms with Gasteiger partial charge in [0.05, 0.1) is 0 Å². The maximum Gasteiger partial charge on any atom is 0.144 e. The van der Waals surface area contributed by atoms with Crippen molar-refractivity contribution >= 4 is 82.9 Å². The summed E-state index contributed by atoms with van der Waals surface area (Å²) in [6, 6.07) is 68.1. The van der Waals surface area contributed by atoms with Crippen molar-refractivity contribution in [2.24, 2.45) is 0 Å². The topological polar surface area (TPSA) is 42.7 Å². The summed E-state index contributed by atoms with van der Waals surface area (Å²) in [5, 5.41) is 7.28. The summed E-state index contributed by atoms with van der Waals surface area (Å²) in [6.07, 6.45) is 29.6. The zero-order valence-corrected chi connectivity index (χ0v) is 60.9. The maximum atomic E-state index is 7.65. The molecule has 0 saturated carbocycles. The van der Waals surface area contributed by atoms with Crippen molar-refractivity contribution in [2.45, 2.75) is 231 Å². The molecule has 0 atom stereocenters. The van der Waals surface area contributed by atoms with Crippen LogP contribution >= 0.6 is 0 Å². The SMILES string of the molecule is CCCCCCCC1(CCCCCCC)c2cc(N(c3ccc4c(c3)C(C)(C)c3cc5c(cc3-4)C(C)(C)c3ccc4oc6ccccc6c4c3-5)c3ccc4c(c3)oc3ccccc34)ccc2-c2c1c1c(c3c2oc2ccccc23)-c2ccccc2C1(CCCCCCC)CCCCCCC. The summed E-state index contributed by atoms with van der Waals surface area (Å²) in [6.45, 7) is 19.3. The summed E-state index contributed by atoms with van der Waals surface area (Å²) < 4.78 is 21.1. The molecule has 4 aliphatic rings. The molecule has 0 bridgehead atoms. The predicted molar refractivity (Wildman–Crippen MR) is 424 cm³/mol. The smallest absolute Gasteiger partial charge is 0.144 e. The van der Waals surface area contributed by atoms with Crippen LogP contribution in [0.3, 0.4) is 0 Å². The van der Waals surface area contributed by atoms with E-state index in [2.05, 4.69) is 236 Å². The summed E-state index contributed by atoms with van der Waals surface area (Å²) in [7, 11) is 0. The minimum atomic E-state index is -0.317. The fourth-order valence-electron chi connectivity index (χ4n) is 20.2. The molecule has 3 heterocycles. The zero-order valence-electron chi connectivity index (χ0n) is 60.9. The highest BCUT2D eigenvalue weighted by molar-refractivity contribution is 6.21. The van der Waals surface area contributed by atoms with Crippen LogP contribution in [0.15, 0.2) is 189 Å². The molecule has 0 aliphatic heterocycles. The van der Waals surface area contributed by atoms with E-state index in [1.165, 1.54) is 241 Å². The lowest BCUT2D eigenvalue weighted by Gasteiger charge is -2.40. The van der Waals surface area contributed by atoms with Crippen LogP contribution in [0.2, 0.25) is 0 Å². The Kier molecular flexibility index (Phi) is 16.7. The number of unbranched alkanes of at least 4 members (excludes halogenated alkanes) is 16. The van der Waals surface area contributed by atoms with Gasteiger partial charge < -0.3 is 18.2 Å². The van der Waals surface area contributed by atoms with Gasteiger partial charge in [-0.2, -0.15) is 0 Å². The van der Waals surface area contributed by atoms with Crippen LogP contribution in [0.25, 0.3) is 110 Å². The second-order valence-corrected chi connectivity index (χ2v) is 31.9. The number of anilines is 3. The Morgan fingerprint density at radius 3 is 1.36 bits per heavy atom. The summed E-state index contributed by atoms with van der Waals surface area (Å²) >= 11 is 0. The zero-order chi connectivity index (χ0) is 68.1. The van der Waals surface area contributed by atoms with Crippen LogP contribution in [0, 0.1) is 0 Å². The molecule has 0 amide bonds. The molecule has 13 aromatic rings. The van der Waals surface area contributed by atoms with Crippen LogP contribution in [0.1, 0.15) is 254 Å². The number of furan rings is 3.